The molecule has 1 fully saturated rings. The van der Waals surface area contributed by atoms with E-state index in [-0.39, 0.29) is 23.5 Å². The van der Waals surface area contributed by atoms with E-state index in [1.807, 2.05) is 11.0 Å². The molecule has 0 bridgehead atoms. The number of amides is 2. The second kappa shape index (κ2) is 7.80. The summed E-state index contributed by atoms with van der Waals surface area (Å²) in [6, 6.07) is 7.94. The number of benzene rings is 1. The molecule has 1 saturated heterocycles. The number of hydrogen-bond donors (Lipinski definition) is 1. The second-order valence-electron chi connectivity index (χ2n) is 7.35. The van der Waals surface area contributed by atoms with Crippen LogP contribution in [0.3, 0.4) is 0 Å². The SMILES string of the molecule is O=C(Nc1cccc(F)c1)C1CCc2sc(C(=O)N3CCCCC3)cc2C1. The van der Waals surface area contributed by atoms with Crippen LogP contribution < -0.4 is 5.32 Å². The summed E-state index contributed by atoms with van der Waals surface area (Å²) in [4.78, 5) is 29.3. The predicted molar refractivity (Wildman–Crippen MR) is 105 cm³/mol. The highest BCUT2D eigenvalue weighted by molar-refractivity contribution is 7.14. The lowest BCUT2D eigenvalue weighted by Gasteiger charge is -2.26. The summed E-state index contributed by atoms with van der Waals surface area (Å²) >= 11 is 1.58. The highest BCUT2D eigenvalue weighted by Crippen LogP contribution is 2.34. The van der Waals surface area contributed by atoms with Crippen molar-refractivity contribution in [2.75, 3.05) is 18.4 Å². The first-order valence-corrected chi connectivity index (χ1v) is 10.4. The van der Waals surface area contributed by atoms with Gasteiger partial charge in [0.15, 0.2) is 0 Å². The fraction of sp³-hybridized carbons (Fsp3) is 0.429. The van der Waals surface area contributed by atoms with Crippen molar-refractivity contribution in [3.05, 3.63) is 51.5 Å². The van der Waals surface area contributed by atoms with E-state index in [9.17, 15) is 14.0 Å². The molecule has 142 valence electrons. The van der Waals surface area contributed by atoms with Gasteiger partial charge >= 0.3 is 0 Å². The summed E-state index contributed by atoms with van der Waals surface area (Å²) in [6.45, 7) is 1.69. The Bertz CT molecular complexity index is 858. The van der Waals surface area contributed by atoms with Gasteiger partial charge in [0.05, 0.1) is 4.88 Å². The largest absolute Gasteiger partial charge is 0.338 e. The van der Waals surface area contributed by atoms with E-state index in [1.54, 1.807) is 23.5 Å². The number of carbonyl (C=O) groups is 2. The fourth-order valence-electron chi connectivity index (χ4n) is 3.92. The smallest absolute Gasteiger partial charge is 0.263 e. The van der Waals surface area contributed by atoms with Crippen molar-refractivity contribution < 1.29 is 14.0 Å². The number of nitrogens with zero attached hydrogens (tertiary/aromatic N) is 1. The Labute approximate surface area is 162 Å². The molecule has 0 saturated carbocycles. The Morgan fingerprint density at radius 3 is 2.74 bits per heavy atom. The van der Waals surface area contributed by atoms with Gasteiger partial charge in [0.1, 0.15) is 5.82 Å². The number of thiophene rings is 1. The van der Waals surface area contributed by atoms with Crippen molar-refractivity contribution in [3.63, 3.8) is 0 Å². The third-order valence-corrected chi connectivity index (χ3v) is 6.62. The Kier molecular flexibility index (Phi) is 5.25. The number of nitrogens with one attached hydrogen (secondary N) is 1. The number of anilines is 1. The molecule has 4 nitrogen and oxygen atoms in total. The summed E-state index contributed by atoms with van der Waals surface area (Å²) in [7, 11) is 0. The quantitative estimate of drug-likeness (QED) is 0.857. The van der Waals surface area contributed by atoms with Crippen molar-refractivity contribution in [2.24, 2.45) is 5.92 Å². The molecule has 1 aliphatic heterocycles. The number of rotatable bonds is 3. The van der Waals surface area contributed by atoms with E-state index in [0.717, 1.165) is 49.2 Å². The predicted octanol–water partition coefficient (Wildman–Crippen LogP) is 4.26. The molecule has 0 radical (unpaired) electrons. The summed E-state index contributed by atoms with van der Waals surface area (Å²) in [6.07, 6.45) is 5.58. The van der Waals surface area contributed by atoms with Crippen molar-refractivity contribution in [3.8, 4) is 0 Å². The molecule has 1 aromatic heterocycles. The molecule has 0 spiro atoms. The number of carbonyl (C=O) groups excluding carboxylic acids is 2. The third kappa shape index (κ3) is 4.05. The van der Waals surface area contributed by atoms with Gasteiger partial charge in [-0.15, -0.1) is 11.3 Å². The molecule has 27 heavy (non-hydrogen) atoms. The summed E-state index contributed by atoms with van der Waals surface area (Å²) in [5.74, 6) is -0.457. The molecule has 1 N–H and O–H groups in total. The summed E-state index contributed by atoms with van der Waals surface area (Å²) in [5.41, 5.74) is 1.60. The average molecular weight is 386 g/mol. The van der Waals surface area contributed by atoms with Crippen molar-refractivity contribution in [1.29, 1.82) is 0 Å². The zero-order valence-corrected chi connectivity index (χ0v) is 16.0. The van der Waals surface area contributed by atoms with Crippen molar-refractivity contribution >= 4 is 28.8 Å². The highest BCUT2D eigenvalue weighted by atomic mass is 32.1. The lowest BCUT2D eigenvalue weighted by molar-refractivity contribution is -0.120. The van der Waals surface area contributed by atoms with E-state index in [2.05, 4.69) is 5.32 Å². The highest BCUT2D eigenvalue weighted by Gasteiger charge is 2.29. The number of halogens is 1. The maximum Gasteiger partial charge on any atom is 0.263 e. The van der Waals surface area contributed by atoms with E-state index in [0.29, 0.717) is 12.1 Å². The molecule has 1 unspecified atom stereocenters. The van der Waals surface area contributed by atoms with E-state index < -0.39 is 0 Å². The number of hydrogen-bond acceptors (Lipinski definition) is 3. The first kappa shape index (κ1) is 18.2. The van der Waals surface area contributed by atoms with Crippen LogP contribution in [0.1, 0.15) is 45.8 Å². The van der Waals surface area contributed by atoms with E-state index in [4.69, 9.17) is 0 Å². The Balaban J connectivity index is 1.43. The van der Waals surface area contributed by atoms with Gasteiger partial charge in [-0.05, 0) is 68.4 Å². The standard InChI is InChI=1S/C21H23FN2O2S/c22-16-5-4-6-17(13-16)23-20(25)14-7-8-18-15(11-14)12-19(27-18)21(26)24-9-2-1-3-10-24/h4-6,12-14H,1-3,7-11H2,(H,23,25). The first-order chi connectivity index (χ1) is 13.1. The molecule has 2 heterocycles. The van der Waals surface area contributed by atoms with Crippen LogP contribution in [0.2, 0.25) is 0 Å². The van der Waals surface area contributed by atoms with Crippen LogP contribution in [0, 0.1) is 11.7 Å². The van der Waals surface area contributed by atoms with E-state index >= 15 is 0 Å². The van der Waals surface area contributed by atoms with Gasteiger partial charge in [-0.25, -0.2) is 4.39 Å². The lowest BCUT2D eigenvalue weighted by atomic mass is 9.87. The minimum Gasteiger partial charge on any atom is -0.338 e. The number of likely N-dealkylation sites (tertiary alicyclic amines) is 1. The minimum atomic E-state index is -0.363. The fourth-order valence-corrected chi connectivity index (χ4v) is 5.09. The molecule has 4 rings (SSSR count). The van der Waals surface area contributed by atoms with Crippen LogP contribution >= 0.6 is 11.3 Å². The third-order valence-electron chi connectivity index (χ3n) is 5.40. The molecular weight excluding hydrogens is 363 g/mol. The molecule has 2 aromatic rings. The van der Waals surface area contributed by atoms with Crippen LogP contribution in [0.25, 0.3) is 0 Å². The number of piperidine rings is 1. The first-order valence-electron chi connectivity index (χ1n) is 9.57. The van der Waals surface area contributed by atoms with Gasteiger partial charge < -0.3 is 10.2 Å². The Morgan fingerprint density at radius 1 is 1.15 bits per heavy atom. The average Bonchev–Trinajstić information content (AvgIpc) is 3.11. The zero-order valence-electron chi connectivity index (χ0n) is 15.2. The molecule has 2 aliphatic rings. The van der Waals surface area contributed by atoms with Crippen LogP contribution in [0.15, 0.2) is 30.3 Å². The zero-order chi connectivity index (χ0) is 18.8. The summed E-state index contributed by atoms with van der Waals surface area (Å²) < 4.78 is 13.3. The monoisotopic (exact) mass is 386 g/mol. The molecule has 2 amide bonds. The van der Waals surface area contributed by atoms with E-state index in [1.165, 1.54) is 23.4 Å². The second-order valence-corrected chi connectivity index (χ2v) is 8.49. The maximum atomic E-state index is 13.3. The molecule has 1 aromatic carbocycles. The van der Waals surface area contributed by atoms with Gasteiger partial charge in [0, 0.05) is 29.6 Å². The van der Waals surface area contributed by atoms with Crippen LogP contribution in [-0.4, -0.2) is 29.8 Å². The van der Waals surface area contributed by atoms with Crippen LogP contribution in [0.4, 0.5) is 10.1 Å². The van der Waals surface area contributed by atoms with Crippen molar-refractivity contribution in [2.45, 2.75) is 38.5 Å². The van der Waals surface area contributed by atoms with Gasteiger partial charge in [-0.2, -0.15) is 0 Å². The molecule has 1 aliphatic carbocycles. The summed E-state index contributed by atoms with van der Waals surface area (Å²) in [5, 5.41) is 2.81. The minimum absolute atomic E-state index is 0.0821. The van der Waals surface area contributed by atoms with Crippen molar-refractivity contribution in [1.82, 2.24) is 4.90 Å². The normalized spacial score (nSPS) is 19.4. The number of fused-ring (bicyclic) bond motifs is 1. The van der Waals surface area contributed by atoms with Crippen LogP contribution in [0.5, 0.6) is 0 Å². The molecule has 6 heteroatoms. The van der Waals surface area contributed by atoms with Gasteiger partial charge in [-0.1, -0.05) is 6.07 Å². The molecular formula is C21H23FN2O2S. The Morgan fingerprint density at radius 2 is 1.96 bits per heavy atom. The van der Waals surface area contributed by atoms with Gasteiger partial charge in [0.2, 0.25) is 5.91 Å². The lowest BCUT2D eigenvalue weighted by Crippen LogP contribution is -2.35. The van der Waals surface area contributed by atoms with Crippen LogP contribution in [-0.2, 0) is 17.6 Å². The Hall–Kier alpha value is -2.21. The topological polar surface area (TPSA) is 49.4 Å². The van der Waals surface area contributed by atoms with Gasteiger partial charge in [0.25, 0.3) is 5.91 Å². The van der Waals surface area contributed by atoms with Gasteiger partial charge in [-0.3, -0.25) is 9.59 Å². The molecule has 1 atom stereocenters. The maximum absolute atomic E-state index is 13.3. The number of aryl methyl sites for hydroxylation is 1.